The molecule has 1 N–H and O–H groups in total. The molecule has 2 saturated carbocycles. The Hall–Kier alpha value is -3.84. The summed E-state index contributed by atoms with van der Waals surface area (Å²) in [7, 11) is 0. The highest BCUT2D eigenvalue weighted by molar-refractivity contribution is 6.30. The van der Waals surface area contributed by atoms with E-state index < -0.39 is 0 Å². The van der Waals surface area contributed by atoms with Crippen LogP contribution in [0.4, 0.5) is 0 Å². The number of aromatic hydroxyl groups is 1. The van der Waals surface area contributed by atoms with Crippen molar-refractivity contribution in [2.75, 3.05) is 6.61 Å². The molecular weight excluding hydrogens is 536 g/mol. The molecule has 0 bridgehead atoms. The molecule has 0 saturated heterocycles. The van der Waals surface area contributed by atoms with Gasteiger partial charge in [0.25, 0.3) is 0 Å². The van der Waals surface area contributed by atoms with Crippen LogP contribution in [-0.4, -0.2) is 43.3 Å². The van der Waals surface area contributed by atoms with Gasteiger partial charge in [-0.3, -0.25) is 4.79 Å². The van der Waals surface area contributed by atoms with Crippen LogP contribution < -0.4 is 4.74 Å². The molecule has 8 heteroatoms. The van der Waals surface area contributed by atoms with Gasteiger partial charge in [0.2, 0.25) is 5.91 Å². The van der Waals surface area contributed by atoms with E-state index in [9.17, 15) is 9.90 Å². The molecule has 0 radical (unpaired) electrons. The second-order valence-electron chi connectivity index (χ2n) is 11.1. The van der Waals surface area contributed by atoms with Crippen molar-refractivity contribution < 1.29 is 14.6 Å². The van der Waals surface area contributed by atoms with E-state index in [1.165, 1.54) is 19.3 Å². The Balaban J connectivity index is 1.12. The van der Waals surface area contributed by atoms with Crippen molar-refractivity contribution in [3.63, 3.8) is 0 Å². The molecule has 6 rings (SSSR count). The largest absolute Gasteiger partial charge is 0.508 e. The first-order valence-electron chi connectivity index (χ1n) is 14.6. The van der Waals surface area contributed by atoms with Gasteiger partial charge < -0.3 is 14.7 Å². The van der Waals surface area contributed by atoms with Gasteiger partial charge in [-0.15, -0.1) is 0 Å². The van der Waals surface area contributed by atoms with Crippen molar-refractivity contribution >= 4 is 17.5 Å². The lowest BCUT2D eigenvalue weighted by Crippen LogP contribution is -2.43. The maximum Gasteiger partial charge on any atom is 0.226 e. The Labute approximate surface area is 245 Å². The number of carbonyl (C=O) groups is 1. The number of phenols is 1. The van der Waals surface area contributed by atoms with Crippen LogP contribution in [0.3, 0.4) is 0 Å². The molecule has 41 heavy (non-hydrogen) atoms. The van der Waals surface area contributed by atoms with Crippen LogP contribution in [0.15, 0.2) is 72.8 Å². The first-order valence-corrected chi connectivity index (χ1v) is 14.9. The molecule has 4 aromatic rings. The van der Waals surface area contributed by atoms with Crippen molar-refractivity contribution in [1.82, 2.24) is 19.7 Å². The second-order valence-corrected chi connectivity index (χ2v) is 11.5. The number of carbonyl (C=O) groups excluding carboxylic acids is 1. The normalized spacial score (nSPS) is 15.5. The quantitative estimate of drug-likeness (QED) is 0.219. The van der Waals surface area contributed by atoms with Gasteiger partial charge in [0.05, 0.1) is 6.54 Å². The van der Waals surface area contributed by atoms with E-state index in [0.29, 0.717) is 48.3 Å². The molecule has 0 unspecified atom stereocenters. The second kappa shape index (κ2) is 12.4. The molecular formula is C33H35ClN4O3. The predicted octanol–water partition coefficient (Wildman–Crippen LogP) is 7.12. The van der Waals surface area contributed by atoms with Crippen LogP contribution in [-0.2, 0) is 17.9 Å². The zero-order valence-corrected chi connectivity index (χ0v) is 23.8. The number of nitrogens with zero attached hydrogens (tertiary/aromatic N) is 4. The Morgan fingerprint density at radius 3 is 2.24 bits per heavy atom. The topological polar surface area (TPSA) is 80.5 Å². The lowest BCUT2D eigenvalue weighted by molar-refractivity contribution is -0.141. The molecule has 2 aliphatic carbocycles. The predicted molar refractivity (Wildman–Crippen MR) is 160 cm³/mol. The number of aromatic nitrogens is 3. The van der Waals surface area contributed by atoms with Gasteiger partial charge in [0.15, 0.2) is 11.6 Å². The van der Waals surface area contributed by atoms with Crippen LogP contribution in [0.25, 0.3) is 22.8 Å². The zero-order valence-electron chi connectivity index (χ0n) is 23.1. The summed E-state index contributed by atoms with van der Waals surface area (Å²) in [6, 6.07) is 22.9. The summed E-state index contributed by atoms with van der Waals surface area (Å²) in [5.41, 5.74) is 2.85. The van der Waals surface area contributed by atoms with Gasteiger partial charge in [0.1, 0.15) is 18.1 Å². The average Bonchev–Trinajstić information content (AvgIpc) is 3.63. The molecule has 1 heterocycles. The van der Waals surface area contributed by atoms with Crippen LogP contribution in [0.2, 0.25) is 5.02 Å². The molecule has 7 nitrogen and oxygen atoms in total. The van der Waals surface area contributed by atoms with E-state index in [0.717, 1.165) is 48.1 Å². The molecule has 3 aromatic carbocycles. The van der Waals surface area contributed by atoms with E-state index in [-0.39, 0.29) is 11.7 Å². The maximum atomic E-state index is 13.2. The maximum absolute atomic E-state index is 13.2. The highest BCUT2D eigenvalue weighted by Gasteiger charge is 2.34. The smallest absolute Gasteiger partial charge is 0.226 e. The Bertz CT molecular complexity index is 1460. The van der Waals surface area contributed by atoms with Crippen LogP contribution in [0, 0.1) is 5.92 Å². The first kappa shape index (κ1) is 27.3. The fourth-order valence-corrected chi connectivity index (χ4v) is 5.80. The van der Waals surface area contributed by atoms with E-state index in [2.05, 4.69) is 17.0 Å². The van der Waals surface area contributed by atoms with E-state index in [1.54, 1.807) is 24.3 Å². The van der Waals surface area contributed by atoms with Gasteiger partial charge in [-0.25, -0.2) is 9.67 Å². The van der Waals surface area contributed by atoms with Crippen LogP contribution in [0.1, 0.15) is 50.5 Å². The third-order valence-electron chi connectivity index (χ3n) is 8.25. The highest BCUT2D eigenvalue weighted by Crippen LogP contribution is 2.33. The van der Waals surface area contributed by atoms with Gasteiger partial charge in [-0.2, -0.15) is 5.10 Å². The third kappa shape index (κ3) is 6.41. The third-order valence-corrected chi connectivity index (χ3v) is 8.50. The molecule has 0 atom stereocenters. The summed E-state index contributed by atoms with van der Waals surface area (Å²) in [6.07, 6.45) is 7.92. The minimum absolute atomic E-state index is 0.196. The molecule has 1 aromatic heterocycles. The molecule has 0 aliphatic heterocycles. The van der Waals surface area contributed by atoms with Crippen LogP contribution >= 0.6 is 11.6 Å². The first-order chi connectivity index (χ1) is 20.0. The molecule has 1 amide bonds. The number of amides is 1. The zero-order chi connectivity index (χ0) is 28.2. The van der Waals surface area contributed by atoms with E-state index >= 15 is 0 Å². The number of hydrogen-bond acceptors (Lipinski definition) is 5. The highest BCUT2D eigenvalue weighted by atomic mass is 35.5. The molecule has 2 aliphatic rings. The summed E-state index contributed by atoms with van der Waals surface area (Å²) in [5, 5.41) is 15.1. The standard InChI is InChI=1S/C33H35ClN4O3/c34-27-14-10-25(11-15-27)32-35-31(24-12-16-29(39)17-13-24)36-38(32)20-21-41-30-18-8-23(9-19-30)22-37(28-6-1-2-7-28)33(40)26-4-3-5-26/h8-19,26,28,39H,1-7,20-22H2. The van der Waals surface area contributed by atoms with Gasteiger partial charge in [-0.1, -0.05) is 43.0 Å². The summed E-state index contributed by atoms with van der Waals surface area (Å²) in [6.45, 7) is 1.58. The number of ether oxygens (including phenoxy) is 1. The van der Waals surface area contributed by atoms with E-state index in [4.69, 9.17) is 26.4 Å². The van der Waals surface area contributed by atoms with Crippen LogP contribution in [0.5, 0.6) is 11.5 Å². The van der Waals surface area contributed by atoms with E-state index in [1.807, 2.05) is 41.1 Å². The number of hydrogen-bond donors (Lipinski definition) is 1. The Kier molecular flexibility index (Phi) is 8.23. The molecule has 0 spiro atoms. The minimum atomic E-state index is 0.196. The number of rotatable bonds is 10. The van der Waals surface area contributed by atoms with Crippen molar-refractivity contribution in [3.8, 4) is 34.3 Å². The lowest BCUT2D eigenvalue weighted by Gasteiger charge is -2.35. The van der Waals surface area contributed by atoms with Gasteiger partial charge >= 0.3 is 0 Å². The number of halogens is 1. The summed E-state index contributed by atoms with van der Waals surface area (Å²) in [4.78, 5) is 20.1. The minimum Gasteiger partial charge on any atom is -0.508 e. The average molecular weight is 571 g/mol. The molecule has 2 fully saturated rings. The number of benzene rings is 3. The summed E-state index contributed by atoms with van der Waals surface area (Å²) >= 11 is 6.11. The Morgan fingerprint density at radius 1 is 0.902 bits per heavy atom. The fourth-order valence-electron chi connectivity index (χ4n) is 5.67. The van der Waals surface area contributed by atoms with Gasteiger partial charge in [0, 0.05) is 34.7 Å². The Morgan fingerprint density at radius 2 is 1.59 bits per heavy atom. The van der Waals surface area contributed by atoms with Crippen molar-refractivity contribution in [3.05, 3.63) is 83.4 Å². The van der Waals surface area contributed by atoms with Crippen molar-refractivity contribution in [2.45, 2.75) is 64.1 Å². The SMILES string of the molecule is O=C(C1CCC1)N(Cc1ccc(OCCn2nc(-c3ccc(O)cc3)nc2-c2ccc(Cl)cc2)cc1)C1CCCC1. The molecule has 212 valence electrons. The lowest BCUT2D eigenvalue weighted by atomic mass is 9.84. The number of phenolic OH excluding ortho intramolecular Hbond substituents is 1. The summed E-state index contributed by atoms with van der Waals surface area (Å²) < 4.78 is 7.94. The van der Waals surface area contributed by atoms with Gasteiger partial charge in [-0.05, 0) is 91.9 Å². The summed E-state index contributed by atoms with van der Waals surface area (Å²) in [5.74, 6) is 2.83. The fraction of sp³-hybridized carbons (Fsp3) is 0.364. The van der Waals surface area contributed by atoms with Crippen molar-refractivity contribution in [1.29, 1.82) is 0 Å². The van der Waals surface area contributed by atoms with Crippen molar-refractivity contribution in [2.24, 2.45) is 5.92 Å². The monoisotopic (exact) mass is 570 g/mol.